The minimum absolute atomic E-state index is 0.00674. The molecule has 1 unspecified atom stereocenters. The van der Waals surface area contributed by atoms with Crippen molar-refractivity contribution in [1.29, 1.82) is 0 Å². The molecule has 0 bridgehead atoms. The molecule has 0 N–H and O–H groups in total. The van der Waals surface area contributed by atoms with Gasteiger partial charge in [-0.1, -0.05) is 30.3 Å². The number of rotatable bonds is 4. The normalized spacial score (nSPS) is 16.5. The highest BCUT2D eigenvalue weighted by molar-refractivity contribution is 9.10. The highest BCUT2D eigenvalue weighted by atomic mass is 79.9. The van der Waals surface area contributed by atoms with Gasteiger partial charge in [-0.3, -0.25) is 4.79 Å². The van der Waals surface area contributed by atoms with Gasteiger partial charge in [0.2, 0.25) is 0 Å². The molecule has 1 saturated heterocycles. The molecule has 0 radical (unpaired) electrons. The number of ether oxygens (including phenoxy) is 1. The van der Waals surface area contributed by atoms with Crippen LogP contribution in [0.4, 0.5) is 0 Å². The molecular formula is C23H21BrN2O3. The van der Waals surface area contributed by atoms with Crippen molar-refractivity contribution in [3.05, 3.63) is 64.5 Å². The Balaban J connectivity index is 1.82. The van der Waals surface area contributed by atoms with Gasteiger partial charge in [-0.15, -0.1) is 0 Å². The van der Waals surface area contributed by atoms with Crippen LogP contribution in [0, 0.1) is 5.92 Å². The van der Waals surface area contributed by atoms with Gasteiger partial charge in [0.05, 0.1) is 17.1 Å². The number of pyridine rings is 1. The summed E-state index contributed by atoms with van der Waals surface area (Å²) in [6, 6.07) is 14.6. The summed E-state index contributed by atoms with van der Waals surface area (Å²) in [5, 5.41) is 0. The largest absolute Gasteiger partial charge is 0.445 e. The topological polar surface area (TPSA) is 57.3 Å². The van der Waals surface area contributed by atoms with Gasteiger partial charge in [0.25, 0.3) is 0 Å². The van der Waals surface area contributed by atoms with E-state index in [4.69, 9.17) is 9.15 Å². The molecule has 0 saturated carbocycles. The lowest BCUT2D eigenvalue weighted by molar-refractivity contribution is 0.0553. The highest BCUT2D eigenvalue weighted by Crippen LogP contribution is 2.41. The van der Waals surface area contributed by atoms with E-state index in [1.165, 1.54) is 5.56 Å². The molecule has 29 heavy (non-hydrogen) atoms. The molecule has 0 spiro atoms. The van der Waals surface area contributed by atoms with E-state index in [0.717, 1.165) is 48.2 Å². The van der Waals surface area contributed by atoms with Crippen molar-refractivity contribution in [2.75, 3.05) is 13.2 Å². The predicted octanol–water partition coefficient (Wildman–Crippen LogP) is 5.76. The average Bonchev–Trinajstić information content (AvgIpc) is 3.25. The zero-order valence-electron chi connectivity index (χ0n) is 16.1. The summed E-state index contributed by atoms with van der Waals surface area (Å²) in [5.41, 5.74) is 5.29. The third-order valence-corrected chi connectivity index (χ3v) is 6.21. The molecule has 0 aliphatic carbocycles. The number of halogens is 1. The Morgan fingerprint density at radius 3 is 2.66 bits per heavy atom. The summed E-state index contributed by atoms with van der Waals surface area (Å²) in [6.45, 7) is 3.11. The monoisotopic (exact) mass is 452 g/mol. The Morgan fingerprint density at radius 1 is 1.17 bits per heavy atom. The maximum Gasteiger partial charge on any atom is 0.179 e. The number of hydrogen-bond acceptors (Lipinski definition) is 4. The molecule has 4 aromatic rings. The van der Waals surface area contributed by atoms with Crippen LogP contribution in [0.2, 0.25) is 0 Å². The van der Waals surface area contributed by atoms with E-state index in [2.05, 4.69) is 49.7 Å². The molecule has 6 heteroatoms. The number of aromatic nitrogens is 2. The zero-order chi connectivity index (χ0) is 20.0. The third kappa shape index (κ3) is 3.20. The van der Waals surface area contributed by atoms with Crippen LogP contribution in [0.1, 0.15) is 41.7 Å². The number of Topliss-reactive ketones (excluding diaryl/α,β-unsaturated/α-hetero) is 1. The van der Waals surface area contributed by atoms with Crippen molar-refractivity contribution in [1.82, 2.24) is 9.55 Å². The van der Waals surface area contributed by atoms with Gasteiger partial charge in [0, 0.05) is 31.0 Å². The van der Waals surface area contributed by atoms with Crippen molar-refractivity contribution in [3.63, 3.8) is 0 Å². The second-order valence-electron chi connectivity index (χ2n) is 7.59. The lowest BCUT2D eigenvalue weighted by atomic mass is 9.86. The van der Waals surface area contributed by atoms with Crippen LogP contribution in [-0.4, -0.2) is 28.5 Å². The quantitative estimate of drug-likeness (QED) is 0.369. The van der Waals surface area contributed by atoms with E-state index < -0.39 is 0 Å². The van der Waals surface area contributed by atoms with Crippen molar-refractivity contribution in [2.45, 2.75) is 25.8 Å². The molecule has 5 rings (SSSR count). The maximum absolute atomic E-state index is 12.1. The molecule has 4 heterocycles. The molecule has 5 nitrogen and oxygen atoms in total. The van der Waals surface area contributed by atoms with E-state index in [1.54, 1.807) is 13.1 Å². The van der Waals surface area contributed by atoms with Crippen LogP contribution in [0.5, 0.6) is 0 Å². The van der Waals surface area contributed by atoms with E-state index in [0.29, 0.717) is 16.2 Å². The number of hydrogen-bond donors (Lipinski definition) is 0. The van der Waals surface area contributed by atoms with Gasteiger partial charge < -0.3 is 13.7 Å². The molecule has 1 aliphatic heterocycles. The minimum atomic E-state index is 0.00674. The summed E-state index contributed by atoms with van der Waals surface area (Å²) >= 11 is 3.48. The summed E-state index contributed by atoms with van der Waals surface area (Å²) in [6.07, 6.45) is 3.61. The van der Waals surface area contributed by atoms with Gasteiger partial charge in [-0.05, 0) is 53.2 Å². The van der Waals surface area contributed by atoms with Crippen LogP contribution in [-0.2, 0) is 4.74 Å². The molecule has 1 atom stereocenters. The van der Waals surface area contributed by atoms with Gasteiger partial charge >= 0.3 is 0 Å². The van der Waals surface area contributed by atoms with Crippen molar-refractivity contribution >= 4 is 43.8 Å². The van der Waals surface area contributed by atoms with E-state index in [9.17, 15) is 4.79 Å². The molecule has 0 amide bonds. The molecule has 3 aromatic heterocycles. The fourth-order valence-electron chi connectivity index (χ4n) is 4.45. The number of benzene rings is 1. The average molecular weight is 453 g/mol. The highest BCUT2D eigenvalue weighted by Gasteiger charge is 2.31. The van der Waals surface area contributed by atoms with Gasteiger partial charge in [-0.2, -0.15) is 0 Å². The zero-order valence-corrected chi connectivity index (χ0v) is 17.7. The molecule has 1 aromatic carbocycles. The first-order valence-electron chi connectivity index (χ1n) is 9.86. The van der Waals surface area contributed by atoms with Crippen LogP contribution in [0.25, 0.3) is 22.1 Å². The van der Waals surface area contributed by atoms with Crippen LogP contribution in [0.3, 0.4) is 0 Å². The van der Waals surface area contributed by atoms with Crippen molar-refractivity contribution in [2.24, 2.45) is 5.92 Å². The van der Waals surface area contributed by atoms with Crippen LogP contribution < -0.4 is 0 Å². The van der Waals surface area contributed by atoms with E-state index in [-0.39, 0.29) is 11.8 Å². The SMILES string of the molecule is CC(=O)c1cnc2c3oc(Br)cc3n(C(c3ccccc3)C3CCOCC3)c2c1. The Kier molecular flexibility index (Phi) is 4.76. The van der Waals surface area contributed by atoms with Gasteiger partial charge in [0.1, 0.15) is 5.52 Å². The predicted molar refractivity (Wildman–Crippen MR) is 115 cm³/mol. The Morgan fingerprint density at radius 2 is 1.93 bits per heavy atom. The van der Waals surface area contributed by atoms with E-state index >= 15 is 0 Å². The van der Waals surface area contributed by atoms with Gasteiger partial charge in [-0.25, -0.2) is 4.98 Å². The second kappa shape index (κ2) is 7.43. The van der Waals surface area contributed by atoms with Crippen LogP contribution in [0.15, 0.2) is 57.7 Å². The smallest absolute Gasteiger partial charge is 0.179 e. The fraction of sp³-hybridized carbons (Fsp3) is 0.304. The number of carbonyl (C=O) groups excluding carboxylic acids is 1. The number of nitrogens with zero attached hydrogens (tertiary/aromatic N) is 2. The van der Waals surface area contributed by atoms with Crippen molar-refractivity contribution in [3.8, 4) is 0 Å². The Labute approximate surface area is 176 Å². The lowest BCUT2D eigenvalue weighted by Crippen LogP contribution is -2.26. The molecule has 1 aliphatic rings. The first-order chi connectivity index (χ1) is 14.1. The fourth-order valence-corrected chi connectivity index (χ4v) is 4.83. The van der Waals surface area contributed by atoms with Gasteiger partial charge in [0.15, 0.2) is 16.0 Å². The van der Waals surface area contributed by atoms with Crippen LogP contribution >= 0.6 is 15.9 Å². The minimum Gasteiger partial charge on any atom is -0.445 e. The number of furan rings is 1. The van der Waals surface area contributed by atoms with E-state index in [1.807, 2.05) is 18.2 Å². The first kappa shape index (κ1) is 18.6. The molecule has 148 valence electrons. The first-order valence-corrected chi connectivity index (χ1v) is 10.7. The molecular weight excluding hydrogens is 432 g/mol. The number of ketones is 1. The lowest BCUT2D eigenvalue weighted by Gasteiger charge is -2.32. The Bertz CT molecular complexity index is 1190. The standard InChI is InChI=1S/C23H21BrN2O3/c1-14(27)17-11-18-21(25-13-17)23-19(12-20(24)29-23)26(18)22(15-5-3-2-4-6-15)16-7-9-28-10-8-16/h2-6,11-13,16,22H,7-10H2,1H3. The number of carbonyl (C=O) groups is 1. The number of fused-ring (bicyclic) bond motifs is 3. The maximum atomic E-state index is 12.1. The summed E-state index contributed by atoms with van der Waals surface area (Å²) in [4.78, 5) is 16.7. The second-order valence-corrected chi connectivity index (χ2v) is 8.37. The summed E-state index contributed by atoms with van der Waals surface area (Å²) < 4.78 is 14.6. The summed E-state index contributed by atoms with van der Waals surface area (Å²) in [5.74, 6) is 0.423. The van der Waals surface area contributed by atoms with Crippen molar-refractivity contribution < 1.29 is 13.9 Å². The molecule has 1 fully saturated rings. The summed E-state index contributed by atoms with van der Waals surface area (Å²) in [7, 11) is 0. The third-order valence-electron chi connectivity index (χ3n) is 5.82. The Hall–Kier alpha value is -2.44.